The van der Waals surface area contributed by atoms with Crippen LogP contribution in [-0.4, -0.2) is 49.3 Å². The van der Waals surface area contributed by atoms with Gasteiger partial charge in [0.15, 0.2) is 0 Å². The van der Waals surface area contributed by atoms with Crippen molar-refractivity contribution in [3.8, 4) is 0 Å². The van der Waals surface area contributed by atoms with E-state index in [1.54, 1.807) is 14.0 Å². The number of ether oxygens (including phenoxy) is 1. The van der Waals surface area contributed by atoms with Gasteiger partial charge in [-0.25, -0.2) is 8.42 Å². The van der Waals surface area contributed by atoms with Gasteiger partial charge >= 0.3 is 0 Å². The van der Waals surface area contributed by atoms with Crippen LogP contribution in [0.5, 0.6) is 0 Å². The molecule has 2 N–H and O–H groups in total. The van der Waals surface area contributed by atoms with E-state index in [9.17, 15) is 8.42 Å². The van der Waals surface area contributed by atoms with Crippen molar-refractivity contribution < 1.29 is 13.2 Å². The summed E-state index contributed by atoms with van der Waals surface area (Å²) in [4.78, 5) is 0.0482. The summed E-state index contributed by atoms with van der Waals surface area (Å²) in [5.41, 5.74) is 5.50. The van der Waals surface area contributed by atoms with Crippen LogP contribution in [0.25, 0.3) is 0 Å². The predicted octanol–water partition coefficient (Wildman–Crippen LogP) is 0.492. The number of hydrogen-bond acceptors (Lipinski definition) is 4. The Morgan fingerprint density at radius 3 is 2.76 bits per heavy atom. The van der Waals surface area contributed by atoms with Gasteiger partial charge in [-0.1, -0.05) is 19.1 Å². The Morgan fingerprint density at radius 1 is 1.65 bits per heavy atom. The van der Waals surface area contributed by atoms with E-state index < -0.39 is 15.3 Å². The normalized spacial score (nSPS) is 24.5. The molecule has 0 aromatic heterocycles. The first-order valence-corrected chi connectivity index (χ1v) is 7.65. The molecule has 0 bridgehead atoms. The summed E-state index contributed by atoms with van der Waals surface area (Å²) in [6, 6.07) is 0. The highest BCUT2D eigenvalue weighted by Crippen LogP contribution is 2.20. The quantitative estimate of drug-likeness (QED) is 0.742. The summed E-state index contributed by atoms with van der Waals surface area (Å²) in [6.45, 7) is 2.71. The first-order chi connectivity index (χ1) is 7.93. The maximum Gasteiger partial charge on any atom is 0.223 e. The molecule has 1 aliphatic heterocycles. The first-order valence-electron chi connectivity index (χ1n) is 5.74. The van der Waals surface area contributed by atoms with E-state index in [4.69, 9.17) is 22.7 Å². The molecule has 2 unspecified atom stereocenters. The van der Waals surface area contributed by atoms with Gasteiger partial charge < -0.3 is 10.5 Å². The van der Waals surface area contributed by atoms with Gasteiger partial charge in [0.25, 0.3) is 0 Å². The largest absolute Gasteiger partial charge is 0.392 e. The Bertz CT molecular complexity index is 370. The zero-order chi connectivity index (χ0) is 13.1. The van der Waals surface area contributed by atoms with Crippen LogP contribution in [0.3, 0.4) is 0 Å². The smallest absolute Gasteiger partial charge is 0.223 e. The summed E-state index contributed by atoms with van der Waals surface area (Å²) >= 11 is 4.83. The molecule has 0 radical (unpaired) electrons. The maximum atomic E-state index is 12.3. The van der Waals surface area contributed by atoms with Crippen molar-refractivity contribution in [2.45, 2.75) is 37.5 Å². The molecule has 7 heteroatoms. The fourth-order valence-corrected chi connectivity index (χ4v) is 4.43. The third-order valence-electron chi connectivity index (χ3n) is 3.08. The highest BCUT2D eigenvalue weighted by molar-refractivity contribution is 7.92. The summed E-state index contributed by atoms with van der Waals surface area (Å²) in [6.07, 6.45) is 2.09. The van der Waals surface area contributed by atoms with Crippen LogP contribution in [0.15, 0.2) is 0 Å². The number of rotatable bonds is 5. The standard InChI is InChI=1S/C10H20N2O3S2/c1-3-9(10(11)16)17(13,14)12-6-4-5-8(7-12)15-2/h8-9H,3-7H2,1-2H3,(H2,11,16). The SMILES string of the molecule is CCC(C(N)=S)S(=O)(=O)N1CCCC(OC)C1. The fraction of sp³-hybridized carbons (Fsp3) is 0.900. The number of methoxy groups -OCH3 is 1. The van der Waals surface area contributed by atoms with Crippen LogP contribution in [0, 0.1) is 0 Å². The number of piperidine rings is 1. The number of sulfonamides is 1. The molecular formula is C10H20N2O3S2. The molecule has 0 aliphatic carbocycles. The lowest BCUT2D eigenvalue weighted by molar-refractivity contribution is 0.0570. The molecule has 1 aliphatic rings. The Hall–Kier alpha value is -0.240. The van der Waals surface area contributed by atoms with E-state index in [0.717, 1.165) is 12.8 Å². The molecule has 1 rings (SSSR count). The van der Waals surface area contributed by atoms with E-state index in [2.05, 4.69) is 0 Å². The van der Waals surface area contributed by atoms with Crippen molar-refractivity contribution in [3.63, 3.8) is 0 Å². The Balaban J connectivity index is 2.85. The van der Waals surface area contributed by atoms with E-state index >= 15 is 0 Å². The topological polar surface area (TPSA) is 72.6 Å². The van der Waals surface area contributed by atoms with Crippen molar-refractivity contribution >= 4 is 27.2 Å². The lowest BCUT2D eigenvalue weighted by atomic mass is 10.1. The van der Waals surface area contributed by atoms with Crippen LogP contribution < -0.4 is 5.73 Å². The second-order valence-electron chi connectivity index (χ2n) is 4.20. The van der Waals surface area contributed by atoms with Gasteiger partial charge in [-0.2, -0.15) is 4.31 Å². The van der Waals surface area contributed by atoms with Crippen molar-refractivity contribution in [1.82, 2.24) is 4.31 Å². The van der Waals surface area contributed by atoms with Gasteiger partial charge in [-0.3, -0.25) is 0 Å². The van der Waals surface area contributed by atoms with Crippen LogP contribution in [0.4, 0.5) is 0 Å². The lowest BCUT2D eigenvalue weighted by Crippen LogP contribution is -2.49. The minimum Gasteiger partial charge on any atom is -0.392 e. The molecule has 0 aromatic rings. The zero-order valence-corrected chi connectivity index (χ0v) is 11.9. The van der Waals surface area contributed by atoms with Gasteiger partial charge in [0.1, 0.15) is 5.25 Å². The van der Waals surface area contributed by atoms with E-state index in [-0.39, 0.29) is 11.1 Å². The minimum atomic E-state index is -3.43. The molecule has 0 saturated carbocycles. The molecule has 0 spiro atoms. The second kappa shape index (κ2) is 6.08. The van der Waals surface area contributed by atoms with E-state index in [1.165, 1.54) is 4.31 Å². The monoisotopic (exact) mass is 280 g/mol. The van der Waals surface area contributed by atoms with Crippen LogP contribution in [0.1, 0.15) is 26.2 Å². The van der Waals surface area contributed by atoms with Crippen molar-refractivity contribution in [1.29, 1.82) is 0 Å². The summed E-state index contributed by atoms with van der Waals surface area (Å²) < 4.78 is 31.3. The lowest BCUT2D eigenvalue weighted by Gasteiger charge is -2.33. The zero-order valence-electron chi connectivity index (χ0n) is 10.3. The van der Waals surface area contributed by atoms with E-state index in [0.29, 0.717) is 19.5 Å². The summed E-state index contributed by atoms with van der Waals surface area (Å²) in [5.74, 6) is 0. The molecule has 0 amide bonds. The average molecular weight is 280 g/mol. The molecule has 2 atom stereocenters. The van der Waals surface area contributed by atoms with Crippen LogP contribution in [-0.2, 0) is 14.8 Å². The van der Waals surface area contributed by atoms with Crippen LogP contribution >= 0.6 is 12.2 Å². The second-order valence-corrected chi connectivity index (χ2v) is 6.79. The van der Waals surface area contributed by atoms with Gasteiger partial charge in [0.2, 0.25) is 10.0 Å². The number of nitrogens with zero attached hydrogens (tertiary/aromatic N) is 1. The summed E-state index contributed by atoms with van der Waals surface area (Å²) in [7, 11) is -1.83. The van der Waals surface area contributed by atoms with Gasteiger partial charge in [0.05, 0.1) is 11.1 Å². The third kappa shape index (κ3) is 3.37. The van der Waals surface area contributed by atoms with Gasteiger partial charge in [0, 0.05) is 20.2 Å². The molecule has 100 valence electrons. The molecule has 0 aromatic carbocycles. The summed E-state index contributed by atoms with van der Waals surface area (Å²) in [5, 5.41) is -0.756. The Morgan fingerprint density at radius 2 is 2.29 bits per heavy atom. The number of thiocarbonyl (C=S) groups is 1. The number of hydrogen-bond donors (Lipinski definition) is 1. The Labute approximate surface area is 108 Å². The van der Waals surface area contributed by atoms with Crippen molar-refractivity contribution in [3.05, 3.63) is 0 Å². The maximum absolute atomic E-state index is 12.3. The fourth-order valence-electron chi connectivity index (χ4n) is 2.07. The number of nitrogens with two attached hydrogens (primary N) is 1. The minimum absolute atomic E-state index is 0.0256. The molecule has 17 heavy (non-hydrogen) atoms. The predicted molar refractivity (Wildman–Crippen MR) is 71.4 cm³/mol. The van der Waals surface area contributed by atoms with Crippen molar-refractivity contribution in [2.75, 3.05) is 20.2 Å². The Kier molecular flexibility index (Phi) is 5.30. The van der Waals surface area contributed by atoms with Crippen molar-refractivity contribution in [2.24, 2.45) is 5.73 Å². The highest BCUT2D eigenvalue weighted by atomic mass is 32.2. The van der Waals surface area contributed by atoms with E-state index in [1.807, 2.05) is 0 Å². The molecule has 1 saturated heterocycles. The molecular weight excluding hydrogens is 260 g/mol. The van der Waals surface area contributed by atoms with Gasteiger partial charge in [-0.05, 0) is 19.3 Å². The third-order valence-corrected chi connectivity index (χ3v) is 5.87. The van der Waals surface area contributed by atoms with Crippen LogP contribution in [0.2, 0.25) is 0 Å². The molecule has 5 nitrogen and oxygen atoms in total. The van der Waals surface area contributed by atoms with Gasteiger partial charge in [-0.15, -0.1) is 0 Å². The first kappa shape index (κ1) is 14.8. The highest BCUT2D eigenvalue weighted by Gasteiger charge is 2.35. The molecule has 1 heterocycles. The average Bonchev–Trinajstić information content (AvgIpc) is 2.29. The molecule has 1 fully saturated rings.